The molecule has 0 radical (unpaired) electrons. The zero-order valence-electron chi connectivity index (χ0n) is 22.2. The lowest BCUT2D eigenvalue weighted by atomic mass is 9.65. The van der Waals surface area contributed by atoms with E-state index in [1.165, 1.54) is 4.90 Å². The summed E-state index contributed by atoms with van der Waals surface area (Å²) in [6.45, 7) is 13.9. The van der Waals surface area contributed by atoms with Crippen molar-refractivity contribution in [3.8, 4) is 0 Å². The minimum atomic E-state index is -1.10. The molecule has 0 aromatic carbocycles. The van der Waals surface area contributed by atoms with Gasteiger partial charge in [-0.15, -0.1) is 13.2 Å². The normalized spacial score (nSPS) is 31.3. The summed E-state index contributed by atoms with van der Waals surface area (Å²) in [5.41, 5.74) is -1.92. The summed E-state index contributed by atoms with van der Waals surface area (Å²) >= 11 is 0. The molecule has 0 aromatic heterocycles. The maximum Gasteiger partial charge on any atom is 0.312 e. The van der Waals surface area contributed by atoms with E-state index in [1.54, 1.807) is 11.0 Å². The molecule has 2 bridgehead atoms. The Labute approximate surface area is 215 Å². The van der Waals surface area contributed by atoms with Crippen molar-refractivity contribution in [2.75, 3.05) is 26.3 Å². The minimum Gasteiger partial charge on any atom is -0.465 e. The second-order valence-corrected chi connectivity index (χ2v) is 10.5. The average Bonchev–Trinajstić information content (AvgIpc) is 3.46. The number of aliphatic hydroxyl groups is 1. The van der Waals surface area contributed by atoms with Crippen LogP contribution in [0, 0.1) is 11.8 Å². The molecule has 3 saturated heterocycles. The average molecular weight is 505 g/mol. The van der Waals surface area contributed by atoms with Crippen LogP contribution < -0.4 is 0 Å². The Kier molecular flexibility index (Phi) is 9.39. The molecule has 2 amide bonds. The summed E-state index contributed by atoms with van der Waals surface area (Å²) in [5.74, 6) is -2.48. The zero-order valence-corrected chi connectivity index (χ0v) is 22.2. The number of carbonyl (C=O) groups is 3. The summed E-state index contributed by atoms with van der Waals surface area (Å²) in [6, 6.07) is -0.933. The Morgan fingerprint density at radius 1 is 1.28 bits per heavy atom. The summed E-state index contributed by atoms with van der Waals surface area (Å²) in [5, 5.41) is 9.79. The van der Waals surface area contributed by atoms with E-state index >= 15 is 0 Å². The first kappa shape index (κ1) is 28.4. The van der Waals surface area contributed by atoms with E-state index in [0.717, 1.165) is 32.1 Å². The van der Waals surface area contributed by atoms with Crippen LogP contribution in [0.1, 0.15) is 72.1 Å². The van der Waals surface area contributed by atoms with Gasteiger partial charge in [-0.3, -0.25) is 14.4 Å². The van der Waals surface area contributed by atoms with Crippen LogP contribution in [-0.2, 0) is 23.9 Å². The summed E-state index contributed by atoms with van der Waals surface area (Å²) in [6.07, 6.45) is 9.37. The fourth-order valence-electron chi connectivity index (χ4n) is 6.71. The molecule has 3 aliphatic heterocycles. The van der Waals surface area contributed by atoms with Crippen LogP contribution in [0.3, 0.4) is 0 Å². The number of nitrogens with zero attached hydrogens (tertiary/aromatic N) is 2. The molecule has 8 heteroatoms. The number of β-amino-alcohol motifs (C(OH)–C–C–N with tert-alkyl or cyclic N) is 1. The van der Waals surface area contributed by atoms with Crippen molar-refractivity contribution < 1.29 is 29.0 Å². The quantitative estimate of drug-likeness (QED) is 0.209. The van der Waals surface area contributed by atoms with Crippen molar-refractivity contribution >= 4 is 17.8 Å². The lowest BCUT2D eigenvalue weighted by Crippen LogP contribution is -2.58. The van der Waals surface area contributed by atoms with Gasteiger partial charge < -0.3 is 24.4 Å². The van der Waals surface area contributed by atoms with Crippen LogP contribution in [0.15, 0.2) is 25.3 Å². The SMILES string of the molecule is C=CCCCCOC(=O)[C@H]1[C@H]2C(=O)N(CCO)C(C(=O)N(CC=C)C(C)CCC)C23CC[C@]1(CC)O3. The van der Waals surface area contributed by atoms with Crippen molar-refractivity contribution in [3.05, 3.63) is 25.3 Å². The van der Waals surface area contributed by atoms with Crippen molar-refractivity contribution in [2.24, 2.45) is 11.8 Å². The number of likely N-dealkylation sites (tertiary alicyclic amines) is 1. The lowest BCUT2D eigenvalue weighted by molar-refractivity contribution is -0.162. The van der Waals surface area contributed by atoms with E-state index in [2.05, 4.69) is 20.1 Å². The lowest BCUT2D eigenvalue weighted by Gasteiger charge is -2.38. The molecule has 3 unspecified atom stereocenters. The number of carbonyl (C=O) groups excluding carboxylic acids is 3. The van der Waals surface area contributed by atoms with Crippen LogP contribution in [-0.4, -0.2) is 82.3 Å². The smallest absolute Gasteiger partial charge is 0.312 e. The molecule has 3 heterocycles. The van der Waals surface area contributed by atoms with E-state index in [4.69, 9.17) is 9.47 Å². The number of allylic oxidation sites excluding steroid dienone is 1. The monoisotopic (exact) mass is 504 g/mol. The fraction of sp³-hybridized carbons (Fsp3) is 0.750. The molecule has 1 spiro atoms. The summed E-state index contributed by atoms with van der Waals surface area (Å²) in [4.78, 5) is 44.7. The van der Waals surface area contributed by atoms with Crippen molar-refractivity contribution in [1.29, 1.82) is 0 Å². The Hall–Kier alpha value is -2.19. The molecule has 3 aliphatic rings. The van der Waals surface area contributed by atoms with Gasteiger partial charge >= 0.3 is 5.97 Å². The van der Waals surface area contributed by atoms with Gasteiger partial charge in [0.25, 0.3) is 0 Å². The summed E-state index contributed by atoms with van der Waals surface area (Å²) in [7, 11) is 0. The second-order valence-electron chi connectivity index (χ2n) is 10.5. The molecule has 0 aromatic rings. The number of fused-ring (bicyclic) bond motifs is 1. The van der Waals surface area contributed by atoms with Gasteiger partial charge in [-0.1, -0.05) is 32.4 Å². The van der Waals surface area contributed by atoms with Gasteiger partial charge in [-0.2, -0.15) is 0 Å². The van der Waals surface area contributed by atoms with Gasteiger partial charge in [0, 0.05) is 19.1 Å². The van der Waals surface area contributed by atoms with Gasteiger partial charge in [-0.25, -0.2) is 0 Å². The van der Waals surface area contributed by atoms with Gasteiger partial charge in [0.1, 0.15) is 17.6 Å². The number of ether oxygens (including phenoxy) is 2. The standard InChI is InChI=1S/C28H44N2O6/c1-6-10-11-12-19-35-26(34)22-21-24(32)30(17-18-31)23(28(21)15-14-27(22,9-4)36-28)25(33)29(16-8-3)20(5)13-7-2/h6,8,20-23,31H,1,3,7,9-19H2,2,4-5H3/t20?,21-,22+,23?,27-,28?/m0/s1. The molecule has 202 valence electrons. The number of aliphatic hydroxyl groups excluding tert-OH is 1. The first-order chi connectivity index (χ1) is 17.3. The molecule has 8 nitrogen and oxygen atoms in total. The fourth-order valence-corrected chi connectivity index (χ4v) is 6.71. The Bertz CT molecular complexity index is 846. The van der Waals surface area contributed by atoms with Gasteiger partial charge in [0.05, 0.1) is 24.7 Å². The van der Waals surface area contributed by atoms with E-state index in [9.17, 15) is 19.5 Å². The third-order valence-electron chi connectivity index (χ3n) is 8.40. The maximum absolute atomic E-state index is 14.1. The predicted octanol–water partition coefficient (Wildman–Crippen LogP) is 3.24. The highest BCUT2D eigenvalue weighted by molar-refractivity contribution is 5.98. The Morgan fingerprint density at radius 3 is 2.64 bits per heavy atom. The second kappa shape index (κ2) is 11.9. The van der Waals surface area contributed by atoms with Crippen molar-refractivity contribution in [3.63, 3.8) is 0 Å². The van der Waals surface area contributed by atoms with Crippen molar-refractivity contribution in [1.82, 2.24) is 9.80 Å². The summed E-state index contributed by atoms with van der Waals surface area (Å²) < 4.78 is 12.4. The number of esters is 1. The van der Waals surface area contributed by atoms with Crippen LogP contribution in [0.4, 0.5) is 0 Å². The molecular formula is C28H44N2O6. The van der Waals surface area contributed by atoms with Gasteiger partial charge in [-0.05, 0) is 51.9 Å². The number of hydrogen-bond acceptors (Lipinski definition) is 6. The number of amides is 2. The predicted molar refractivity (Wildman–Crippen MR) is 137 cm³/mol. The van der Waals surface area contributed by atoms with Crippen LogP contribution in [0.2, 0.25) is 0 Å². The van der Waals surface area contributed by atoms with Crippen LogP contribution >= 0.6 is 0 Å². The molecule has 0 saturated carbocycles. The molecule has 0 aliphatic carbocycles. The van der Waals surface area contributed by atoms with Crippen LogP contribution in [0.25, 0.3) is 0 Å². The number of unbranched alkanes of at least 4 members (excludes halogenated alkanes) is 2. The first-order valence-corrected chi connectivity index (χ1v) is 13.6. The number of hydrogen-bond donors (Lipinski definition) is 1. The molecular weight excluding hydrogens is 460 g/mol. The maximum atomic E-state index is 14.1. The minimum absolute atomic E-state index is 0.0172. The highest BCUT2D eigenvalue weighted by atomic mass is 16.6. The Balaban J connectivity index is 1.96. The van der Waals surface area contributed by atoms with Gasteiger partial charge in [0.15, 0.2) is 0 Å². The topological polar surface area (TPSA) is 96.4 Å². The van der Waals surface area contributed by atoms with E-state index in [0.29, 0.717) is 25.8 Å². The first-order valence-electron chi connectivity index (χ1n) is 13.6. The van der Waals surface area contributed by atoms with Crippen molar-refractivity contribution in [2.45, 2.75) is 95.4 Å². The molecule has 36 heavy (non-hydrogen) atoms. The largest absolute Gasteiger partial charge is 0.465 e. The third kappa shape index (κ3) is 4.74. The zero-order chi connectivity index (χ0) is 26.5. The Morgan fingerprint density at radius 2 is 2.03 bits per heavy atom. The van der Waals surface area contributed by atoms with Gasteiger partial charge in [0.2, 0.25) is 11.8 Å². The molecule has 3 fully saturated rings. The highest BCUT2D eigenvalue weighted by Gasteiger charge is 2.79. The van der Waals surface area contributed by atoms with E-state index < -0.39 is 35.0 Å². The third-order valence-corrected chi connectivity index (χ3v) is 8.40. The molecule has 3 rings (SSSR count). The number of rotatable bonds is 15. The highest BCUT2D eigenvalue weighted by Crippen LogP contribution is 2.64. The molecule has 6 atom stereocenters. The molecule has 1 N–H and O–H groups in total. The van der Waals surface area contributed by atoms with Crippen LogP contribution in [0.5, 0.6) is 0 Å². The van der Waals surface area contributed by atoms with E-state index in [1.807, 2.05) is 19.9 Å². The van der Waals surface area contributed by atoms with E-state index in [-0.39, 0.29) is 37.6 Å².